The lowest BCUT2D eigenvalue weighted by Crippen LogP contribution is -2.23. The van der Waals surface area contributed by atoms with E-state index >= 15 is 0 Å². The van der Waals surface area contributed by atoms with Crippen LogP contribution in [-0.2, 0) is 6.42 Å². The summed E-state index contributed by atoms with van der Waals surface area (Å²) in [5, 5.41) is 10.9. The highest BCUT2D eigenvalue weighted by molar-refractivity contribution is 5.91. The molecule has 0 saturated heterocycles. The summed E-state index contributed by atoms with van der Waals surface area (Å²) in [6.45, 7) is 0.610. The fourth-order valence-electron chi connectivity index (χ4n) is 1.80. The topological polar surface area (TPSA) is 58.1 Å². The SMILES string of the molecule is CN(C)C(=O)c1ccc(NCCc2cccc(F)c2)nn1. The number of nitrogens with zero attached hydrogens (tertiary/aromatic N) is 3. The number of rotatable bonds is 5. The largest absolute Gasteiger partial charge is 0.368 e. The van der Waals surface area contributed by atoms with Crippen LogP contribution in [0.25, 0.3) is 0 Å². The molecule has 1 heterocycles. The molecule has 0 spiro atoms. The minimum atomic E-state index is -0.237. The quantitative estimate of drug-likeness (QED) is 0.914. The summed E-state index contributed by atoms with van der Waals surface area (Å²) in [5.41, 5.74) is 1.21. The number of aromatic nitrogens is 2. The van der Waals surface area contributed by atoms with E-state index in [9.17, 15) is 9.18 Å². The minimum Gasteiger partial charge on any atom is -0.368 e. The van der Waals surface area contributed by atoms with Crippen LogP contribution in [0.4, 0.5) is 10.2 Å². The number of anilines is 1. The van der Waals surface area contributed by atoms with E-state index in [-0.39, 0.29) is 11.7 Å². The number of amides is 1. The van der Waals surface area contributed by atoms with Gasteiger partial charge < -0.3 is 10.2 Å². The van der Waals surface area contributed by atoms with Gasteiger partial charge in [0.2, 0.25) is 0 Å². The first-order valence-electron chi connectivity index (χ1n) is 6.60. The van der Waals surface area contributed by atoms with Crippen molar-refractivity contribution in [1.82, 2.24) is 15.1 Å². The van der Waals surface area contributed by atoms with Crippen LogP contribution in [0.5, 0.6) is 0 Å². The molecular formula is C15H17FN4O. The third-order valence-corrected chi connectivity index (χ3v) is 2.90. The third-order valence-electron chi connectivity index (χ3n) is 2.90. The summed E-state index contributed by atoms with van der Waals surface area (Å²) in [6.07, 6.45) is 0.678. The molecule has 0 aliphatic heterocycles. The average Bonchev–Trinajstić information content (AvgIpc) is 2.47. The molecule has 0 aliphatic rings. The molecule has 0 aliphatic carbocycles. The molecule has 0 unspecified atom stereocenters. The van der Waals surface area contributed by atoms with Crippen molar-refractivity contribution in [2.24, 2.45) is 0 Å². The predicted octanol–water partition coefficient (Wildman–Crippen LogP) is 1.97. The summed E-state index contributed by atoms with van der Waals surface area (Å²) in [6, 6.07) is 9.81. The van der Waals surface area contributed by atoms with Gasteiger partial charge in [0.05, 0.1) is 0 Å². The van der Waals surface area contributed by atoms with Gasteiger partial charge in [0.15, 0.2) is 5.69 Å². The number of hydrogen-bond acceptors (Lipinski definition) is 4. The molecule has 1 N–H and O–H groups in total. The molecule has 0 saturated carbocycles. The van der Waals surface area contributed by atoms with E-state index in [1.54, 1.807) is 32.3 Å². The first-order valence-corrected chi connectivity index (χ1v) is 6.60. The summed E-state index contributed by atoms with van der Waals surface area (Å²) in [7, 11) is 3.32. The Morgan fingerprint density at radius 3 is 2.67 bits per heavy atom. The molecule has 2 aromatic rings. The van der Waals surface area contributed by atoms with Crippen molar-refractivity contribution in [3.63, 3.8) is 0 Å². The molecule has 0 radical (unpaired) electrons. The summed E-state index contributed by atoms with van der Waals surface area (Å²) in [5.74, 6) is 0.161. The third kappa shape index (κ3) is 4.24. The van der Waals surface area contributed by atoms with Gasteiger partial charge in [-0.25, -0.2) is 4.39 Å². The van der Waals surface area contributed by atoms with Crippen molar-refractivity contribution in [2.45, 2.75) is 6.42 Å². The average molecular weight is 288 g/mol. The Labute approximate surface area is 122 Å². The van der Waals surface area contributed by atoms with E-state index in [0.717, 1.165) is 5.56 Å². The zero-order valence-electron chi connectivity index (χ0n) is 12.0. The van der Waals surface area contributed by atoms with Crippen LogP contribution in [-0.4, -0.2) is 41.6 Å². The second kappa shape index (κ2) is 6.78. The van der Waals surface area contributed by atoms with Crippen LogP contribution in [0, 0.1) is 5.82 Å². The van der Waals surface area contributed by atoms with Gasteiger partial charge in [-0.1, -0.05) is 12.1 Å². The molecule has 0 atom stereocenters. The van der Waals surface area contributed by atoms with Gasteiger partial charge in [-0.15, -0.1) is 10.2 Å². The first kappa shape index (κ1) is 14.9. The maximum atomic E-state index is 13.0. The highest BCUT2D eigenvalue weighted by Gasteiger charge is 2.09. The number of carbonyl (C=O) groups excluding carboxylic acids is 1. The van der Waals surface area contributed by atoms with Crippen LogP contribution >= 0.6 is 0 Å². The van der Waals surface area contributed by atoms with Crippen LogP contribution in [0.2, 0.25) is 0 Å². The first-order chi connectivity index (χ1) is 10.1. The van der Waals surface area contributed by atoms with Crippen LogP contribution in [0.1, 0.15) is 16.1 Å². The summed E-state index contributed by atoms with van der Waals surface area (Å²) >= 11 is 0. The van der Waals surface area contributed by atoms with Crippen molar-refractivity contribution >= 4 is 11.7 Å². The molecule has 6 heteroatoms. The Bertz CT molecular complexity index is 613. The lowest BCUT2D eigenvalue weighted by molar-refractivity contribution is 0.0821. The molecule has 0 fully saturated rings. The smallest absolute Gasteiger partial charge is 0.273 e. The van der Waals surface area contributed by atoms with E-state index in [2.05, 4.69) is 15.5 Å². The van der Waals surface area contributed by atoms with Crippen molar-refractivity contribution in [1.29, 1.82) is 0 Å². The highest BCUT2D eigenvalue weighted by atomic mass is 19.1. The van der Waals surface area contributed by atoms with Crippen molar-refractivity contribution < 1.29 is 9.18 Å². The maximum absolute atomic E-state index is 13.0. The fraction of sp³-hybridized carbons (Fsp3) is 0.267. The number of hydrogen-bond donors (Lipinski definition) is 1. The monoisotopic (exact) mass is 288 g/mol. The maximum Gasteiger partial charge on any atom is 0.273 e. The Balaban J connectivity index is 1.88. The molecule has 1 aromatic carbocycles. The normalized spacial score (nSPS) is 10.2. The van der Waals surface area contributed by atoms with Gasteiger partial charge in [0, 0.05) is 20.6 Å². The zero-order valence-corrected chi connectivity index (χ0v) is 12.0. The van der Waals surface area contributed by atoms with Gasteiger partial charge in [-0.05, 0) is 36.2 Å². The standard InChI is InChI=1S/C15H17FN4O/c1-20(2)15(21)13-6-7-14(19-18-13)17-9-8-11-4-3-5-12(16)10-11/h3-7,10H,8-9H2,1-2H3,(H,17,19). The zero-order chi connectivity index (χ0) is 15.2. The van der Waals surface area contributed by atoms with E-state index in [0.29, 0.717) is 24.5 Å². The van der Waals surface area contributed by atoms with Crippen molar-refractivity contribution in [3.8, 4) is 0 Å². The van der Waals surface area contributed by atoms with E-state index in [1.807, 2.05) is 6.07 Å². The second-order valence-electron chi connectivity index (χ2n) is 4.81. The molecular weight excluding hydrogens is 271 g/mol. The predicted molar refractivity (Wildman–Crippen MR) is 78.6 cm³/mol. The van der Waals surface area contributed by atoms with E-state index < -0.39 is 0 Å². The Morgan fingerprint density at radius 1 is 1.24 bits per heavy atom. The Morgan fingerprint density at radius 2 is 2.05 bits per heavy atom. The Hall–Kier alpha value is -2.50. The fourth-order valence-corrected chi connectivity index (χ4v) is 1.80. The van der Waals surface area contributed by atoms with Crippen LogP contribution in [0.15, 0.2) is 36.4 Å². The molecule has 2 rings (SSSR count). The lowest BCUT2D eigenvalue weighted by Gasteiger charge is -2.09. The van der Waals surface area contributed by atoms with E-state index in [1.165, 1.54) is 17.0 Å². The summed E-state index contributed by atoms with van der Waals surface area (Å²) < 4.78 is 13.0. The van der Waals surface area contributed by atoms with Gasteiger partial charge in [-0.2, -0.15) is 0 Å². The van der Waals surface area contributed by atoms with Crippen LogP contribution < -0.4 is 5.32 Å². The molecule has 110 valence electrons. The van der Waals surface area contributed by atoms with Gasteiger partial charge in [0.25, 0.3) is 5.91 Å². The van der Waals surface area contributed by atoms with Crippen molar-refractivity contribution in [2.75, 3.05) is 26.0 Å². The Kier molecular flexibility index (Phi) is 4.81. The molecule has 5 nitrogen and oxygen atoms in total. The van der Waals surface area contributed by atoms with Gasteiger partial charge in [-0.3, -0.25) is 4.79 Å². The van der Waals surface area contributed by atoms with Gasteiger partial charge in [0.1, 0.15) is 11.6 Å². The van der Waals surface area contributed by atoms with Crippen LogP contribution in [0.3, 0.4) is 0 Å². The van der Waals surface area contributed by atoms with E-state index in [4.69, 9.17) is 0 Å². The second-order valence-corrected chi connectivity index (χ2v) is 4.81. The van der Waals surface area contributed by atoms with Gasteiger partial charge >= 0.3 is 0 Å². The van der Waals surface area contributed by atoms with Crippen molar-refractivity contribution in [3.05, 3.63) is 53.5 Å². The number of carbonyl (C=O) groups is 1. The molecule has 0 bridgehead atoms. The number of halogens is 1. The number of benzene rings is 1. The summed E-state index contributed by atoms with van der Waals surface area (Å²) in [4.78, 5) is 13.1. The molecule has 1 amide bonds. The number of nitrogens with one attached hydrogen (secondary N) is 1. The lowest BCUT2D eigenvalue weighted by atomic mass is 10.1. The molecule has 1 aromatic heterocycles. The minimum absolute atomic E-state index is 0.186. The molecule has 21 heavy (non-hydrogen) atoms. The highest BCUT2D eigenvalue weighted by Crippen LogP contribution is 2.06.